The number of rotatable bonds is 5. The van der Waals surface area contributed by atoms with Crippen molar-refractivity contribution in [3.05, 3.63) is 58.7 Å². The Hall–Kier alpha value is -2.29. The van der Waals surface area contributed by atoms with E-state index in [0.29, 0.717) is 11.5 Å². The van der Waals surface area contributed by atoms with E-state index in [0.717, 1.165) is 34.5 Å². The monoisotopic (exact) mass is 311 g/mol. The van der Waals surface area contributed by atoms with Crippen molar-refractivity contribution in [2.24, 2.45) is 0 Å². The van der Waals surface area contributed by atoms with Crippen molar-refractivity contribution in [2.45, 2.75) is 40.0 Å². The number of aryl methyl sites for hydroxylation is 2. The number of anilines is 1. The van der Waals surface area contributed by atoms with Gasteiger partial charge in [-0.2, -0.15) is 0 Å². The van der Waals surface area contributed by atoms with Gasteiger partial charge < -0.3 is 10.1 Å². The molecular formula is C20H25NO2. The number of methoxy groups -OCH3 is 1. The van der Waals surface area contributed by atoms with Crippen LogP contribution in [0.3, 0.4) is 0 Å². The quantitative estimate of drug-likeness (QED) is 0.849. The zero-order chi connectivity index (χ0) is 17.0. The van der Waals surface area contributed by atoms with Crippen LogP contribution in [-0.2, 0) is 6.42 Å². The van der Waals surface area contributed by atoms with E-state index in [4.69, 9.17) is 4.74 Å². The van der Waals surface area contributed by atoms with E-state index in [1.165, 1.54) is 0 Å². The fourth-order valence-electron chi connectivity index (χ4n) is 2.71. The summed E-state index contributed by atoms with van der Waals surface area (Å²) >= 11 is 0. The molecule has 0 aromatic heterocycles. The fourth-order valence-corrected chi connectivity index (χ4v) is 2.71. The van der Waals surface area contributed by atoms with Gasteiger partial charge in [0.25, 0.3) is 5.91 Å². The second-order valence-electron chi connectivity index (χ2n) is 6.03. The average molecular weight is 311 g/mol. The standard InChI is InChI=1S/C20H25NO2/c1-6-15-9-7-8-10-18(15)21-20(22)17-12-16(13(2)3)19(23-5)11-14(17)4/h7-13H,6H2,1-5H3,(H,21,22). The van der Waals surface area contributed by atoms with Crippen LogP contribution in [0, 0.1) is 6.92 Å². The molecule has 3 nitrogen and oxygen atoms in total. The number of carbonyl (C=O) groups excluding carboxylic acids is 1. The molecule has 122 valence electrons. The Bertz CT molecular complexity index is 705. The molecule has 0 saturated heterocycles. The van der Waals surface area contributed by atoms with Crippen LogP contribution < -0.4 is 10.1 Å². The smallest absolute Gasteiger partial charge is 0.255 e. The van der Waals surface area contributed by atoms with Crippen molar-refractivity contribution in [3.63, 3.8) is 0 Å². The molecule has 2 aromatic rings. The minimum Gasteiger partial charge on any atom is -0.496 e. The van der Waals surface area contributed by atoms with Gasteiger partial charge >= 0.3 is 0 Å². The normalized spacial score (nSPS) is 10.7. The molecule has 0 aliphatic heterocycles. The predicted octanol–water partition coefficient (Wildman–Crippen LogP) is 4.94. The predicted molar refractivity (Wildman–Crippen MR) is 95.6 cm³/mol. The number of ether oxygens (including phenoxy) is 1. The third kappa shape index (κ3) is 3.73. The van der Waals surface area contributed by atoms with Crippen LogP contribution >= 0.6 is 0 Å². The van der Waals surface area contributed by atoms with Gasteiger partial charge in [-0.1, -0.05) is 39.0 Å². The van der Waals surface area contributed by atoms with Crippen molar-refractivity contribution in [3.8, 4) is 5.75 Å². The first kappa shape index (κ1) is 17.1. The van der Waals surface area contributed by atoms with E-state index < -0.39 is 0 Å². The number of hydrogen-bond donors (Lipinski definition) is 1. The van der Waals surface area contributed by atoms with Gasteiger partial charge in [-0.05, 0) is 54.2 Å². The summed E-state index contributed by atoms with van der Waals surface area (Å²) in [5.41, 5.74) is 4.67. The molecule has 2 rings (SSSR count). The average Bonchev–Trinajstić information content (AvgIpc) is 2.54. The highest BCUT2D eigenvalue weighted by Crippen LogP contribution is 2.30. The Labute approximate surface area is 138 Å². The van der Waals surface area contributed by atoms with E-state index in [-0.39, 0.29) is 5.91 Å². The maximum absolute atomic E-state index is 12.7. The third-order valence-corrected chi connectivity index (χ3v) is 4.09. The van der Waals surface area contributed by atoms with Crippen molar-refractivity contribution in [1.82, 2.24) is 0 Å². The summed E-state index contributed by atoms with van der Waals surface area (Å²) in [4.78, 5) is 12.7. The van der Waals surface area contributed by atoms with Crippen LogP contribution in [0.15, 0.2) is 36.4 Å². The van der Waals surface area contributed by atoms with Crippen molar-refractivity contribution in [2.75, 3.05) is 12.4 Å². The van der Waals surface area contributed by atoms with Crippen LogP contribution in [0.2, 0.25) is 0 Å². The molecule has 0 bridgehead atoms. The van der Waals surface area contributed by atoms with E-state index >= 15 is 0 Å². The van der Waals surface area contributed by atoms with Gasteiger partial charge in [-0.15, -0.1) is 0 Å². The molecule has 1 N–H and O–H groups in total. The highest BCUT2D eigenvalue weighted by atomic mass is 16.5. The van der Waals surface area contributed by atoms with Gasteiger partial charge in [0.1, 0.15) is 5.75 Å². The molecule has 0 heterocycles. The third-order valence-electron chi connectivity index (χ3n) is 4.09. The number of hydrogen-bond acceptors (Lipinski definition) is 2. The summed E-state index contributed by atoms with van der Waals surface area (Å²) in [5.74, 6) is 1.05. The summed E-state index contributed by atoms with van der Waals surface area (Å²) in [7, 11) is 1.66. The minimum absolute atomic E-state index is 0.0760. The van der Waals surface area contributed by atoms with E-state index in [1.807, 2.05) is 43.3 Å². The van der Waals surface area contributed by atoms with Gasteiger partial charge in [-0.25, -0.2) is 0 Å². The number of benzene rings is 2. The Morgan fingerprint density at radius 3 is 2.52 bits per heavy atom. The first-order valence-corrected chi connectivity index (χ1v) is 8.05. The Morgan fingerprint density at radius 2 is 1.91 bits per heavy atom. The lowest BCUT2D eigenvalue weighted by molar-refractivity contribution is 0.102. The summed E-state index contributed by atoms with van der Waals surface area (Å²) in [6, 6.07) is 11.8. The lowest BCUT2D eigenvalue weighted by Gasteiger charge is -2.16. The zero-order valence-corrected chi connectivity index (χ0v) is 14.6. The van der Waals surface area contributed by atoms with Gasteiger partial charge in [0.15, 0.2) is 0 Å². The maximum Gasteiger partial charge on any atom is 0.255 e. The molecule has 0 aliphatic rings. The van der Waals surface area contributed by atoms with Crippen molar-refractivity contribution >= 4 is 11.6 Å². The molecule has 0 aliphatic carbocycles. The molecule has 0 saturated carbocycles. The topological polar surface area (TPSA) is 38.3 Å². The van der Waals surface area contributed by atoms with Crippen molar-refractivity contribution in [1.29, 1.82) is 0 Å². The second kappa shape index (κ2) is 7.32. The van der Waals surface area contributed by atoms with Crippen molar-refractivity contribution < 1.29 is 9.53 Å². The molecule has 0 atom stereocenters. The van der Waals surface area contributed by atoms with Gasteiger partial charge in [0, 0.05) is 11.3 Å². The molecule has 2 aromatic carbocycles. The SMILES string of the molecule is CCc1ccccc1NC(=O)c1cc(C(C)C)c(OC)cc1C. The highest BCUT2D eigenvalue weighted by Gasteiger charge is 2.16. The molecule has 1 amide bonds. The molecular weight excluding hydrogens is 286 g/mol. The second-order valence-corrected chi connectivity index (χ2v) is 6.03. The number of para-hydroxylation sites is 1. The molecule has 23 heavy (non-hydrogen) atoms. The molecule has 0 fully saturated rings. The largest absolute Gasteiger partial charge is 0.496 e. The Morgan fingerprint density at radius 1 is 1.22 bits per heavy atom. The summed E-state index contributed by atoms with van der Waals surface area (Å²) in [6.45, 7) is 8.22. The lowest BCUT2D eigenvalue weighted by atomic mass is 9.96. The number of amides is 1. The van der Waals surface area contributed by atoms with E-state index in [1.54, 1.807) is 7.11 Å². The zero-order valence-electron chi connectivity index (χ0n) is 14.6. The maximum atomic E-state index is 12.7. The van der Waals surface area contributed by atoms with Crippen LogP contribution in [0.5, 0.6) is 5.75 Å². The Kier molecular flexibility index (Phi) is 5.43. The molecule has 3 heteroatoms. The van der Waals surface area contributed by atoms with Gasteiger partial charge in [0.05, 0.1) is 7.11 Å². The van der Waals surface area contributed by atoms with Crippen LogP contribution in [-0.4, -0.2) is 13.0 Å². The summed E-state index contributed by atoms with van der Waals surface area (Å²) in [6.07, 6.45) is 0.884. The van der Waals surface area contributed by atoms with Crippen LogP contribution in [0.1, 0.15) is 53.7 Å². The lowest BCUT2D eigenvalue weighted by Crippen LogP contribution is -2.15. The summed E-state index contributed by atoms with van der Waals surface area (Å²) < 4.78 is 5.45. The van der Waals surface area contributed by atoms with Crippen LogP contribution in [0.25, 0.3) is 0 Å². The first-order valence-electron chi connectivity index (χ1n) is 8.05. The molecule has 0 spiro atoms. The fraction of sp³-hybridized carbons (Fsp3) is 0.350. The molecule has 0 radical (unpaired) electrons. The van der Waals surface area contributed by atoms with E-state index in [9.17, 15) is 4.79 Å². The van der Waals surface area contributed by atoms with Gasteiger partial charge in [0.2, 0.25) is 0 Å². The first-order chi connectivity index (χ1) is 11.0. The van der Waals surface area contributed by atoms with E-state index in [2.05, 4.69) is 26.1 Å². The Balaban J connectivity index is 2.37. The number of nitrogens with one attached hydrogen (secondary N) is 1. The van der Waals surface area contributed by atoms with Gasteiger partial charge in [-0.3, -0.25) is 4.79 Å². The minimum atomic E-state index is -0.0760. The number of carbonyl (C=O) groups is 1. The van der Waals surface area contributed by atoms with Crippen LogP contribution in [0.4, 0.5) is 5.69 Å². The highest BCUT2D eigenvalue weighted by molar-refractivity contribution is 6.06. The summed E-state index contributed by atoms with van der Waals surface area (Å²) in [5, 5.41) is 3.04. The molecule has 0 unspecified atom stereocenters.